The van der Waals surface area contributed by atoms with E-state index in [2.05, 4.69) is 5.32 Å². The van der Waals surface area contributed by atoms with Crippen LogP contribution in [0.15, 0.2) is 54.6 Å². The van der Waals surface area contributed by atoms with Crippen molar-refractivity contribution in [2.75, 3.05) is 6.61 Å². The van der Waals surface area contributed by atoms with Gasteiger partial charge in [0, 0.05) is 0 Å². The third-order valence-electron chi connectivity index (χ3n) is 2.94. The molecule has 0 unspecified atom stereocenters. The molecule has 6 nitrogen and oxygen atoms in total. The fourth-order valence-corrected chi connectivity index (χ4v) is 1.87. The first-order chi connectivity index (χ1) is 11.1. The van der Waals surface area contributed by atoms with Crippen LogP contribution in [0.2, 0.25) is 0 Å². The van der Waals surface area contributed by atoms with Gasteiger partial charge in [-0.3, -0.25) is 14.9 Å². The molecule has 0 aliphatic carbocycles. The Labute approximate surface area is 132 Å². The molecule has 2 amide bonds. The lowest BCUT2D eigenvalue weighted by molar-refractivity contribution is -0.132. The number of carbonyl (C=O) groups excluding carboxylic acids is 3. The highest BCUT2D eigenvalue weighted by molar-refractivity contribution is 5.98. The minimum atomic E-state index is -0.839. The van der Waals surface area contributed by atoms with E-state index >= 15 is 0 Å². The number of rotatable bonds is 5. The lowest BCUT2D eigenvalue weighted by atomic mass is 10.1. The molecule has 2 rings (SSSR count). The van der Waals surface area contributed by atoms with Crippen LogP contribution in [0.1, 0.15) is 15.9 Å². The average Bonchev–Trinajstić information content (AvgIpc) is 2.54. The van der Waals surface area contributed by atoms with Crippen LogP contribution < -0.4 is 5.32 Å². The summed E-state index contributed by atoms with van der Waals surface area (Å²) in [6, 6.07) is 14.8. The number of esters is 1. The van der Waals surface area contributed by atoms with Crippen LogP contribution in [-0.4, -0.2) is 29.5 Å². The number of imide groups is 1. The molecule has 0 atom stereocenters. The summed E-state index contributed by atoms with van der Waals surface area (Å²) in [5.41, 5.74) is 0.722. The van der Waals surface area contributed by atoms with Crippen LogP contribution in [-0.2, 0) is 20.7 Å². The van der Waals surface area contributed by atoms with E-state index in [-0.39, 0.29) is 17.7 Å². The van der Waals surface area contributed by atoms with Crippen LogP contribution in [0.4, 0.5) is 0 Å². The number of hydrogen-bond acceptors (Lipinski definition) is 5. The number of hydrogen-bond donors (Lipinski definition) is 2. The summed E-state index contributed by atoms with van der Waals surface area (Å²) in [6.45, 7) is -0.603. The molecule has 0 saturated carbocycles. The van der Waals surface area contributed by atoms with Gasteiger partial charge in [0.25, 0.3) is 5.91 Å². The highest BCUT2D eigenvalue weighted by Crippen LogP contribution is 2.16. The lowest BCUT2D eigenvalue weighted by Gasteiger charge is -2.07. The van der Waals surface area contributed by atoms with Gasteiger partial charge in [-0.2, -0.15) is 0 Å². The average molecular weight is 313 g/mol. The molecule has 0 aliphatic heterocycles. The van der Waals surface area contributed by atoms with E-state index in [9.17, 15) is 19.5 Å². The first-order valence-electron chi connectivity index (χ1n) is 6.88. The predicted octanol–water partition coefficient (Wildman–Crippen LogP) is 1.43. The number of aromatic hydroxyl groups is 1. The maximum Gasteiger partial charge on any atom is 0.342 e. The topological polar surface area (TPSA) is 92.7 Å². The number of para-hydroxylation sites is 1. The molecule has 0 bridgehead atoms. The van der Waals surface area contributed by atoms with E-state index in [1.165, 1.54) is 12.1 Å². The zero-order valence-electron chi connectivity index (χ0n) is 12.2. The smallest absolute Gasteiger partial charge is 0.342 e. The fraction of sp³-hybridized carbons (Fsp3) is 0.118. The number of ether oxygens (including phenoxy) is 1. The van der Waals surface area contributed by atoms with E-state index in [0.29, 0.717) is 0 Å². The van der Waals surface area contributed by atoms with E-state index < -0.39 is 24.4 Å². The molecule has 0 saturated heterocycles. The highest BCUT2D eigenvalue weighted by Gasteiger charge is 2.15. The van der Waals surface area contributed by atoms with Crippen molar-refractivity contribution in [2.45, 2.75) is 6.42 Å². The van der Waals surface area contributed by atoms with Gasteiger partial charge >= 0.3 is 5.97 Å². The van der Waals surface area contributed by atoms with Crippen LogP contribution in [0, 0.1) is 0 Å². The van der Waals surface area contributed by atoms with Gasteiger partial charge in [-0.1, -0.05) is 42.5 Å². The number of nitrogens with one attached hydrogen (secondary N) is 1. The van der Waals surface area contributed by atoms with Crippen molar-refractivity contribution in [1.82, 2.24) is 5.32 Å². The molecule has 0 radical (unpaired) electrons. The molecule has 23 heavy (non-hydrogen) atoms. The molecule has 0 fully saturated rings. The largest absolute Gasteiger partial charge is 0.507 e. The fourth-order valence-electron chi connectivity index (χ4n) is 1.87. The minimum absolute atomic E-state index is 0.0455. The Morgan fingerprint density at radius 2 is 1.57 bits per heavy atom. The van der Waals surface area contributed by atoms with Gasteiger partial charge < -0.3 is 9.84 Å². The normalized spacial score (nSPS) is 9.91. The van der Waals surface area contributed by atoms with Crippen LogP contribution in [0.5, 0.6) is 5.75 Å². The standard InChI is InChI=1S/C17H15NO5/c19-14-9-5-4-8-13(14)17(22)23-11-16(21)18-15(20)10-12-6-2-1-3-7-12/h1-9,19H,10-11H2,(H,18,20,21). The maximum absolute atomic E-state index is 11.7. The molecule has 6 heteroatoms. The van der Waals surface area contributed by atoms with Crippen molar-refractivity contribution in [1.29, 1.82) is 0 Å². The van der Waals surface area contributed by atoms with Crippen LogP contribution in [0.3, 0.4) is 0 Å². The summed E-state index contributed by atoms with van der Waals surface area (Å²) in [6.07, 6.45) is 0.0556. The Kier molecular flexibility index (Phi) is 5.46. The van der Waals surface area contributed by atoms with Gasteiger partial charge in [0.1, 0.15) is 11.3 Å². The Morgan fingerprint density at radius 3 is 2.26 bits per heavy atom. The molecule has 0 aromatic heterocycles. The van der Waals surface area contributed by atoms with E-state index in [4.69, 9.17) is 4.74 Å². The number of phenols is 1. The third-order valence-corrected chi connectivity index (χ3v) is 2.94. The lowest BCUT2D eigenvalue weighted by Crippen LogP contribution is -2.35. The van der Waals surface area contributed by atoms with Gasteiger partial charge in [0.2, 0.25) is 5.91 Å². The summed E-state index contributed by atoms with van der Waals surface area (Å²) < 4.78 is 4.76. The third kappa shape index (κ3) is 4.96. The van der Waals surface area contributed by atoms with Crippen molar-refractivity contribution in [3.63, 3.8) is 0 Å². The van der Waals surface area contributed by atoms with Gasteiger partial charge in [-0.05, 0) is 17.7 Å². The molecule has 0 heterocycles. The molecular weight excluding hydrogens is 298 g/mol. The van der Waals surface area contributed by atoms with Crippen molar-refractivity contribution in [2.24, 2.45) is 0 Å². The maximum atomic E-state index is 11.7. The minimum Gasteiger partial charge on any atom is -0.507 e. The van der Waals surface area contributed by atoms with Crippen molar-refractivity contribution < 1.29 is 24.2 Å². The Balaban J connectivity index is 1.80. The van der Waals surface area contributed by atoms with E-state index in [1.807, 2.05) is 6.07 Å². The monoisotopic (exact) mass is 313 g/mol. The van der Waals surface area contributed by atoms with Crippen LogP contribution in [0.25, 0.3) is 0 Å². The first kappa shape index (κ1) is 16.2. The van der Waals surface area contributed by atoms with Gasteiger partial charge in [-0.25, -0.2) is 4.79 Å². The van der Waals surface area contributed by atoms with E-state index in [0.717, 1.165) is 5.56 Å². The number of phenolic OH excluding ortho intramolecular Hbond substituents is 1. The number of amides is 2. The molecule has 2 N–H and O–H groups in total. The van der Waals surface area contributed by atoms with Gasteiger partial charge in [0.15, 0.2) is 6.61 Å². The quantitative estimate of drug-likeness (QED) is 0.815. The van der Waals surface area contributed by atoms with Crippen molar-refractivity contribution in [3.05, 3.63) is 65.7 Å². The molecule has 2 aromatic carbocycles. The predicted molar refractivity (Wildman–Crippen MR) is 81.7 cm³/mol. The number of carbonyl (C=O) groups is 3. The second kappa shape index (κ2) is 7.74. The number of benzene rings is 2. The second-order valence-corrected chi connectivity index (χ2v) is 4.73. The Bertz CT molecular complexity index is 712. The van der Waals surface area contributed by atoms with Crippen molar-refractivity contribution in [3.8, 4) is 5.75 Å². The zero-order valence-corrected chi connectivity index (χ0v) is 12.2. The summed E-state index contributed by atoms with van der Waals surface area (Å²) in [5, 5.41) is 11.6. The van der Waals surface area contributed by atoms with Gasteiger partial charge in [-0.15, -0.1) is 0 Å². The van der Waals surface area contributed by atoms with Crippen LogP contribution >= 0.6 is 0 Å². The second-order valence-electron chi connectivity index (χ2n) is 4.73. The summed E-state index contributed by atoms with van der Waals surface area (Å²) >= 11 is 0. The molecular formula is C17H15NO5. The summed E-state index contributed by atoms with van der Waals surface area (Å²) in [7, 11) is 0. The summed E-state index contributed by atoms with van der Waals surface area (Å²) in [5.74, 6) is -2.29. The molecule has 118 valence electrons. The van der Waals surface area contributed by atoms with Gasteiger partial charge in [0.05, 0.1) is 6.42 Å². The molecule has 0 spiro atoms. The highest BCUT2D eigenvalue weighted by atomic mass is 16.5. The molecule has 0 aliphatic rings. The Hall–Kier alpha value is -3.15. The van der Waals surface area contributed by atoms with Crippen molar-refractivity contribution >= 4 is 17.8 Å². The summed E-state index contributed by atoms with van der Waals surface area (Å²) in [4.78, 5) is 35.0. The first-order valence-corrected chi connectivity index (χ1v) is 6.88. The molecule has 2 aromatic rings. The Morgan fingerprint density at radius 1 is 0.913 bits per heavy atom. The van der Waals surface area contributed by atoms with E-state index in [1.54, 1.807) is 36.4 Å². The zero-order chi connectivity index (χ0) is 16.7. The SMILES string of the molecule is O=C(COC(=O)c1ccccc1O)NC(=O)Cc1ccccc1.